The van der Waals surface area contributed by atoms with Crippen molar-refractivity contribution in [1.29, 1.82) is 0 Å². The molecule has 0 radical (unpaired) electrons. The van der Waals surface area contributed by atoms with Crippen LogP contribution in [0.3, 0.4) is 0 Å². The van der Waals surface area contributed by atoms with E-state index in [-0.39, 0.29) is 23.7 Å². The predicted molar refractivity (Wildman–Crippen MR) is 67.9 cm³/mol. The molecule has 1 aliphatic heterocycles. The molecular weight excluding hydrogens is 230 g/mol. The van der Waals surface area contributed by atoms with E-state index in [4.69, 9.17) is 4.74 Å². The minimum Gasteiger partial charge on any atom is -0.466 e. The van der Waals surface area contributed by atoms with E-state index in [0.717, 1.165) is 32.2 Å². The molecule has 0 unspecified atom stereocenters. The van der Waals surface area contributed by atoms with Crippen LogP contribution in [0, 0.1) is 11.8 Å². The van der Waals surface area contributed by atoms with Crippen molar-refractivity contribution in [1.82, 2.24) is 4.90 Å². The van der Waals surface area contributed by atoms with Crippen LogP contribution in [-0.4, -0.2) is 36.5 Å². The molecular formula is C14H23NO3. The number of nitrogens with zero attached hydrogens (tertiary/aromatic N) is 1. The smallest absolute Gasteiger partial charge is 0.310 e. The van der Waals surface area contributed by atoms with Gasteiger partial charge in [0.15, 0.2) is 0 Å². The molecule has 0 spiro atoms. The number of amides is 1. The van der Waals surface area contributed by atoms with Crippen LogP contribution >= 0.6 is 0 Å². The third-order valence-corrected chi connectivity index (χ3v) is 4.06. The molecule has 1 heterocycles. The second-order valence-electron chi connectivity index (χ2n) is 5.36. The van der Waals surface area contributed by atoms with Crippen LogP contribution in [0.15, 0.2) is 0 Å². The lowest BCUT2D eigenvalue weighted by atomic mass is 9.96. The molecule has 1 saturated heterocycles. The minimum atomic E-state index is -0.138. The Hall–Kier alpha value is -1.06. The van der Waals surface area contributed by atoms with Crippen LogP contribution in [0.5, 0.6) is 0 Å². The predicted octanol–water partition coefficient (Wildman–Crippen LogP) is 1.98. The first-order chi connectivity index (χ1) is 8.72. The molecule has 4 nitrogen and oxygen atoms in total. The summed E-state index contributed by atoms with van der Waals surface area (Å²) in [6, 6.07) is 0. The Morgan fingerprint density at radius 2 is 1.78 bits per heavy atom. The summed E-state index contributed by atoms with van der Waals surface area (Å²) >= 11 is 0. The first-order valence-electron chi connectivity index (χ1n) is 7.17. The maximum Gasteiger partial charge on any atom is 0.310 e. The van der Waals surface area contributed by atoms with Crippen LogP contribution < -0.4 is 0 Å². The Morgan fingerprint density at radius 3 is 2.44 bits per heavy atom. The maximum atomic E-state index is 12.3. The van der Waals surface area contributed by atoms with Gasteiger partial charge in [0.05, 0.1) is 12.5 Å². The summed E-state index contributed by atoms with van der Waals surface area (Å²) in [4.78, 5) is 25.9. The number of hydrogen-bond donors (Lipinski definition) is 0. The van der Waals surface area contributed by atoms with E-state index >= 15 is 0 Å². The van der Waals surface area contributed by atoms with Crippen molar-refractivity contribution in [3.8, 4) is 0 Å². The minimum absolute atomic E-state index is 0.107. The molecule has 18 heavy (non-hydrogen) atoms. The van der Waals surface area contributed by atoms with Gasteiger partial charge in [0.1, 0.15) is 0 Å². The molecule has 2 aliphatic rings. The van der Waals surface area contributed by atoms with E-state index in [2.05, 4.69) is 0 Å². The van der Waals surface area contributed by atoms with Crippen LogP contribution in [-0.2, 0) is 14.3 Å². The quantitative estimate of drug-likeness (QED) is 0.722. The summed E-state index contributed by atoms with van der Waals surface area (Å²) in [7, 11) is 0. The molecule has 1 aliphatic carbocycles. The molecule has 2 fully saturated rings. The molecule has 0 bridgehead atoms. The highest BCUT2D eigenvalue weighted by Crippen LogP contribution is 2.28. The van der Waals surface area contributed by atoms with Gasteiger partial charge in [-0.25, -0.2) is 0 Å². The van der Waals surface area contributed by atoms with Crippen molar-refractivity contribution < 1.29 is 14.3 Å². The molecule has 1 saturated carbocycles. The molecule has 4 heteroatoms. The van der Waals surface area contributed by atoms with Gasteiger partial charge in [-0.3, -0.25) is 9.59 Å². The molecule has 0 aromatic heterocycles. The van der Waals surface area contributed by atoms with Crippen molar-refractivity contribution in [3.05, 3.63) is 0 Å². The zero-order valence-corrected chi connectivity index (χ0v) is 11.2. The third kappa shape index (κ3) is 3.03. The van der Waals surface area contributed by atoms with E-state index in [1.807, 2.05) is 11.8 Å². The highest BCUT2D eigenvalue weighted by atomic mass is 16.5. The fraction of sp³-hybridized carbons (Fsp3) is 0.857. The van der Waals surface area contributed by atoms with Gasteiger partial charge in [-0.15, -0.1) is 0 Å². The normalized spacial score (nSPS) is 25.2. The number of carbonyl (C=O) groups excluding carboxylic acids is 2. The maximum absolute atomic E-state index is 12.3. The molecule has 0 aromatic carbocycles. The Labute approximate surface area is 109 Å². The lowest BCUT2D eigenvalue weighted by molar-refractivity contribution is -0.151. The van der Waals surface area contributed by atoms with E-state index < -0.39 is 0 Å². The topological polar surface area (TPSA) is 46.6 Å². The van der Waals surface area contributed by atoms with Crippen LogP contribution in [0.25, 0.3) is 0 Å². The first kappa shape index (κ1) is 13.4. The molecule has 1 atom stereocenters. The zero-order valence-electron chi connectivity index (χ0n) is 11.2. The zero-order chi connectivity index (χ0) is 13.0. The van der Waals surface area contributed by atoms with Gasteiger partial charge >= 0.3 is 5.97 Å². The number of likely N-dealkylation sites (tertiary alicyclic amines) is 1. The number of rotatable bonds is 3. The highest BCUT2D eigenvalue weighted by Gasteiger charge is 2.33. The van der Waals surface area contributed by atoms with Gasteiger partial charge in [0, 0.05) is 19.0 Å². The Bertz CT molecular complexity index is 310. The summed E-state index contributed by atoms with van der Waals surface area (Å²) in [5.74, 6) is 0.234. The number of hydrogen-bond acceptors (Lipinski definition) is 3. The SMILES string of the molecule is CCOC(=O)[C@@H]1CCCN(C(=O)C2CCCC2)C1. The summed E-state index contributed by atoms with van der Waals surface area (Å²) in [5, 5.41) is 0. The monoisotopic (exact) mass is 253 g/mol. The third-order valence-electron chi connectivity index (χ3n) is 4.06. The summed E-state index contributed by atoms with van der Waals surface area (Å²) in [5.41, 5.74) is 0. The molecule has 0 N–H and O–H groups in total. The molecule has 2 rings (SSSR count). The Balaban J connectivity index is 1.89. The average molecular weight is 253 g/mol. The van der Waals surface area contributed by atoms with Gasteiger partial charge in [-0.05, 0) is 32.6 Å². The van der Waals surface area contributed by atoms with Gasteiger partial charge in [-0.2, -0.15) is 0 Å². The largest absolute Gasteiger partial charge is 0.466 e. The van der Waals surface area contributed by atoms with Crippen molar-refractivity contribution in [2.24, 2.45) is 11.8 Å². The highest BCUT2D eigenvalue weighted by molar-refractivity contribution is 5.80. The lowest BCUT2D eigenvalue weighted by Crippen LogP contribution is -2.44. The van der Waals surface area contributed by atoms with E-state index in [9.17, 15) is 9.59 Å². The van der Waals surface area contributed by atoms with Crippen molar-refractivity contribution in [2.75, 3.05) is 19.7 Å². The lowest BCUT2D eigenvalue weighted by Gasteiger charge is -2.33. The van der Waals surface area contributed by atoms with Crippen molar-refractivity contribution >= 4 is 11.9 Å². The van der Waals surface area contributed by atoms with Crippen LogP contribution in [0.1, 0.15) is 45.4 Å². The second-order valence-corrected chi connectivity index (χ2v) is 5.36. The van der Waals surface area contributed by atoms with Crippen LogP contribution in [0.2, 0.25) is 0 Å². The number of esters is 1. The number of piperidine rings is 1. The fourth-order valence-corrected chi connectivity index (χ4v) is 3.06. The van der Waals surface area contributed by atoms with Crippen molar-refractivity contribution in [2.45, 2.75) is 45.4 Å². The summed E-state index contributed by atoms with van der Waals surface area (Å²) in [6.45, 7) is 3.62. The molecule has 102 valence electrons. The summed E-state index contributed by atoms with van der Waals surface area (Å²) in [6.07, 6.45) is 6.17. The van der Waals surface area contributed by atoms with Gasteiger partial charge in [-0.1, -0.05) is 12.8 Å². The van der Waals surface area contributed by atoms with Gasteiger partial charge < -0.3 is 9.64 Å². The first-order valence-corrected chi connectivity index (χ1v) is 7.17. The number of carbonyl (C=O) groups is 2. The molecule has 1 amide bonds. The van der Waals surface area contributed by atoms with Gasteiger partial charge in [0.2, 0.25) is 5.91 Å². The molecule has 0 aromatic rings. The standard InChI is InChI=1S/C14H23NO3/c1-2-18-14(17)12-8-5-9-15(10-12)13(16)11-6-3-4-7-11/h11-12H,2-10H2,1H3/t12-/m1/s1. The Kier molecular flexibility index (Phi) is 4.61. The number of ether oxygens (including phenoxy) is 1. The van der Waals surface area contributed by atoms with E-state index in [0.29, 0.717) is 13.2 Å². The van der Waals surface area contributed by atoms with Gasteiger partial charge in [0.25, 0.3) is 0 Å². The summed E-state index contributed by atoms with van der Waals surface area (Å²) < 4.78 is 5.06. The second kappa shape index (κ2) is 6.21. The van der Waals surface area contributed by atoms with Crippen LogP contribution in [0.4, 0.5) is 0 Å². The fourth-order valence-electron chi connectivity index (χ4n) is 3.06. The van der Waals surface area contributed by atoms with Crippen molar-refractivity contribution in [3.63, 3.8) is 0 Å². The Morgan fingerprint density at radius 1 is 1.11 bits per heavy atom. The van der Waals surface area contributed by atoms with E-state index in [1.54, 1.807) is 0 Å². The van der Waals surface area contributed by atoms with E-state index in [1.165, 1.54) is 12.8 Å². The average Bonchev–Trinajstić information content (AvgIpc) is 2.92.